The normalized spacial score (nSPS) is 10.3. The Kier molecular flexibility index (Phi) is 10.7. The van der Waals surface area contributed by atoms with Crippen LogP contribution < -0.4 is 0 Å². The minimum Gasteiger partial charge on any atom is -0.289 e. The van der Waals surface area contributed by atoms with Crippen LogP contribution in [0.15, 0.2) is 24.3 Å². The summed E-state index contributed by atoms with van der Waals surface area (Å²) in [6, 6.07) is 0. The fourth-order valence-electron chi connectivity index (χ4n) is 2.01. The third kappa shape index (κ3) is 8.27. The first-order chi connectivity index (χ1) is 8.63. The number of Topliss-reactive ketones (excluding diaryl/α,β-unsaturated/α-hetero) is 1. The van der Waals surface area contributed by atoms with Crippen LogP contribution in [-0.2, 0) is 4.79 Å². The fraction of sp³-hybridized carbons (Fsp3) is 0.706. The van der Waals surface area contributed by atoms with E-state index >= 15 is 0 Å². The van der Waals surface area contributed by atoms with Crippen LogP contribution in [0.3, 0.4) is 0 Å². The molecular formula is C17H30O. The van der Waals surface area contributed by atoms with Crippen LogP contribution in [0.2, 0.25) is 0 Å². The lowest BCUT2D eigenvalue weighted by Crippen LogP contribution is -2.05. The van der Waals surface area contributed by atoms with Gasteiger partial charge in [0.15, 0.2) is 5.78 Å². The van der Waals surface area contributed by atoms with Gasteiger partial charge in [0.1, 0.15) is 0 Å². The molecule has 1 nitrogen and oxygen atoms in total. The second-order valence-corrected chi connectivity index (χ2v) is 5.16. The molecule has 0 aliphatic heterocycles. The highest BCUT2D eigenvalue weighted by atomic mass is 16.1. The molecule has 0 unspecified atom stereocenters. The summed E-state index contributed by atoms with van der Waals surface area (Å²) in [5.74, 6) is 0.114. The highest BCUT2D eigenvalue weighted by Crippen LogP contribution is 2.16. The molecule has 0 amide bonds. The molecule has 0 spiro atoms. The minimum atomic E-state index is 0.114. The third-order valence-electron chi connectivity index (χ3n) is 3.31. The quantitative estimate of drug-likeness (QED) is 0.325. The molecule has 0 rings (SSSR count). The summed E-state index contributed by atoms with van der Waals surface area (Å²) in [7, 11) is 0. The maximum absolute atomic E-state index is 12.0. The van der Waals surface area contributed by atoms with Gasteiger partial charge in [0.05, 0.1) is 0 Å². The van der Waals surface area contributed by atoms with Crippen molar-refractivity contribution < 1.29 is 4.79 Å². The van der Waals surface area contributed by atoms with Gasteiger partial charge in [-0.25, -0.2) is 0 Å². The lowest BCUT2D eigenvalue weighted by atomic mass is 9.97. The molecule has 0 saturated carbocycles. The van der Waals surface area contributed by atoms with Crippen molar-refractivity contribution in [2.45, 2.75) is 78.1 Å². The van der Waals surface area contributed by atoms with Crippen molar-refractivity contribution in [3.05, 3.63) is 24.3 Å². The van der Waals surface area contributed by atoms with Crippen molar-refractivity contribution >= 4 is 5.78 Å². The molecule has 0 atom stereocenters. The predicted octanol–water partition coefficient (Wildman–Crippen LogP) is 5.61. The first kappa shape index (κ1) is 17.2. The van der Waals surface area contributed by atoms with Crippen molar-refractivity contribution in [1.82, 2.24) is 0 Å². The van der Waals surface area contributed by atoms with Gasteiger partial charge < -0.3 is 0 Å². The molecule has 0 fully saturated rings. The molecule has 0 radical (unpaired) electrons. The number of rotatable bonds is 12. The molecule has 0 heterocycles. The number of ketones is 1. The minimum absolute atomic E-state index is 0.114. The van der Waals surface area contributed by atoms with Gasteiger partial charge in [-0.05, 0) is 36.8 Å². The van der Waals surface area contributed by atoms with Gasteiger partial charge in [-0.2, -0.15) is 0 Å². The fourth-order valence-corrected chi connectivity index (χ4v) is 2.01. The van der Waals surface area contributed by atoms with Gasteiger partial charge in [0.25, 0.3) is 0 Å². The molecule has 18 heavy (non-hydrogen) atoms. The third-order valence-corrected chi connectivity index (χ3v) is 3.31. The summed E-state index contributed by atoms with van der Waals surface area (Å²) in [4.78, 5) is 12.0. The second kappa shape index (κ2) is 11.3. The molecule has 1 heteroatoms. The Balaban J connectivity index is 3.76. The zero-order chi connectivity index (χ0) is 13.8. The van der Waals surface area contributed by atoms with Gasteiger partial charge in [0.2, 0.25) is 0 Å². The largest absolute Gasteiger partial charge is 0.289 e. The SMILES string of the molecule is C=C(CCCCCC)C(=O)C(=C)CCCCCC. The molecule has 0 aliphatic rings. The Hall–Kier alpha value is -0.850. The average molecular weight is 250 g/mol. The Bertz CT molecular complexity index is 237. The molecule has 104 valence electrons. The van der Waals surface area contributed by atoms with E-state index in [9.17, 15) is 4.79 Å². The highest BCUT2D eigenvalue weighted by Gasteiger charge is 2.10. The Labute approximate surface area is 113 Å². The summed E-state index contributed by atoms with van der Waals surface area (Å²) >= 11 is 0. The van der Waals surface area contributed by atoms with Crippen molar-refractivity contribution in [3.8, 4) is 0 Å². The maximum atomic E-state index is 12.0. The van der Waals surface area contributed by atoms with Crippen molar-refractivity contribution in [2.75, 3.05) is 0 Å². The van der Waals surface area contributed by atoms with Crippen LogP contribution in [0.5, 0.6) is 0 Å². The maximum Gasteiger partial charge on any atom is 0.183 e. The van der Waals surface area contributed by atoms with Gasteiger partial charge in [-0.3, -0.25) is 4.79 Å². The second-order valence-electron chi connectivity index (χ2n) is 5.16. The topological polar surface area (TPSA) is 17.1 Å². The molecule has 0 saturated heterocycles. The van der Waals surface area contributed by atoms with Crippen LogP contribution in [0.4, 0.5) is 0 Å². The summed E-state index contributed by atoms with van der Waals surface area (Å²) in [6.07, 6.45) is 11.2. The van der Waals surface area contributed by atoms with E-state index in [1.165, 1.54) is 38.5 Å². The van der Waals surface area contributed by atoms with Crippen LogP contribution in [0.1, 0.15) is 78.1 Å². The van der Waals surface area contributed by atoms with E-state index in [4.69, 9.17) is 0 Å². The lowest BCUT2D eigenvalue weighted by Gasteiger charge is -2.07. The van der Waals surface area contributed by atoms with Gasteiger partial charge in [-0.1, -0.05) is 65.5 Å². The average Bonchev–Trinajstić information content (AvgIpc) is 2.38. The van der Waals surface area contributed by atoms with Crippen molar-refractivity contribution in [1.29, 1.82) is 0 Å². The first-order valence-corrected chi connectivity index (χ1v) is 7.53. The van der Waals surface area contributed by atoms with E-state index in [0.29, 0.717) is 0 Å². The van der Waals surface area contributed by atoms with Gasteiger partial charge in [0, 0.05) is 0 Å². The number of unbranched alkanes of at least 4 members (excludes halogenated alkanes) is 6. The van der Waals surface area contributed by atoms with Crippen LogP contribution in [0.25, 0.3) is 0 Å². The van der Waals surface area contributed by atoms with E-state index in [1.54, 1.807) is 0 Å². The van der Waals surface area contributed by atoms with Gasteiger partial charge in [-0.15, -0.1) is 0 Å². The molecular weight excluding hydrogens is 220 g/mol. The predicted molar refractivity (Wildman–Crippen MR) is 80.8 cm³/mol. The van der Waals surface area contributed by atoms with E-state index in [0.717, 1.165) is 36.8 Å². The number of allylic oxidation sites excluding steroid dienone is 2. The van der Waals surface area contributed by atoms with E-state index < -0.39 is 0 Å². The molecule has 0 aromatic heterocycles. The molecule has 0 aromatic carbocycles. The van der Waals surface area contributed by atoms with Crippen LogP contribution in [0, 0.1) is 0 Å². The van der Waals surface area contributed by atoms with Crippen molar-refractivity contribution in [2.24, 2.45) is 0 Å². The zero-order valence-electron chi connectivity index (χ0n) is 12.4. The monoisotopic (exact) mass is 250 g/mol. The number of hydrogen-bond donors (Lipinski definition) is 0. The van der Waals surface area contributed by atoms with E-state index in [1.807, 2.05) is 0 Å². The molecule has 0 bridgehead atoms. The van der Waals surface area contributed by atoms with E-state index in [-0.39, 0.29) is 5.78 Å². The van der Waals surface area contributed by atoms with Crippen LogP contribution >= 0.6 is 0 Å². The zero-order valence-corrected chi connectivity index (χ0v) is 12.4. The Morgan fingerprint density at radius 1 is 0.722 bits per heavy atom. The Morgan fingerprint density at radius 2 is 1.11 bits per heavy atom. The molecule has 0 aromatic rings. The summed E-state index contributed by atoms with van der Waals surface area (Å²) in [6.45, 7) is 12.2. The highest BCUT2D eigenvalue weighted by molar-refractivity contribution is 6.07. The molecule has 0 aliphatic carbocycles. The van der Waals surface area contributed by atoms with Gasteiger partial charge >= 0.3 is 0 Å². The van der Waals surface area contributed by atoms with E-state index in [2.05, 4.69) is 27.0 Å². The number of carbonyl (C=O) groups is 1. The number of hydrogen-bond acceptors (Lipinski definition) is 1. The number of carbonyl (C=O) groups excluding carboxylic acids is 1. The Morgan fingerprint density at radius 3 is 1.44 bits per heavy atom. The van der Waals surface area contributed by atoms with Crippen LogP contribution in [-0.4, -0.2) is 5.78 Å². The smallest absolute Gasteiger partial charge is 0.183 e. The first-order valence-electron chi connectivity index (χ1n) is 7.53. The summed E-state index contributed by atoms with van der Waals surface area (Å²) in [5, 5.41) is 0. The van der Waals surface area contributed by atoms with Crippen molar-refractivity contribution in [3.63, 3.8) is 0 Å². The molecule has 0 N–H and O–H groups in total. The summed E-state index contributed by atoms with van der Waals surface area (Å²) in [5.41, 5.74) is 1.51. The lowest BCUT2D eigenvalue weighted by molar-refractivity contribution is -0.112. The summed E-state index contributed by atoms with van der Waals surface area (Å²) < 4.78 is 0. The standard InChI is InChI=1S/C17H30O/c1-5-7-9-11-13-15(3)17(18)16(4)14-12-10-8-6-2/h3-14H2,1-2H3.